The van der Waals surface area contributed by atoms with Crippen molar-refractivity contribution in [3.05, 3.63) is 48.7 Å². The molecular weight excluding hydrogens is 269 g/mol. The summed E-state index contributed by atoms with van der Waals surface area (Å²) in [5.74, 6) is -3.11. The van der Waals surface area contributed by atoms with Crippen molar-refractivity contribution in [2.75, 3.05) is 0 Å². The number of alkyl halides is 3. The van der Waals surface area contributed by atoms with E-state index in [0.29, 0.717) is 0 Å². The molecule has 2 fully saturated rings. The van der Waals surface area contributed by atoms with Crippen LogP contribution < -0.4 is 0 Å². The van der Waals surface area contributed by atoms with Crippen molar-refractivity contribution in [1.82, 2.24) is 0 Å². The van der Waals surface area contributed by atoms with Crippen LogP contribution in [0.5, 0.6) is 0 Å². The van der Waals surface area contributed by atoms with Gasteiger partial charge in [-0.1, -0.05) is 30.3 Å². The fourth-order valence-corrected chi connectivity index (χ4v) is 3.00. The minimum Gasteiger partial charge on any atom is -0.443 e. The molecule has 2 aliphatic rings. The molecular formula is C15H13F3O2. The zero-order chi connectivity index (χ0) is 14.4. The number of rotatable bonds is 3. The number of ether oxygens (including phenoxy) is 1. The van der Waals surface area contributed by atoms with E-state index in [1.54, 1.807) is 6.42 Å². The van der Waals surface area contributed by atoms with Crippen LogP contribution in [0.15, 0.2) is 30.3 Å². The van der Waals surface area contributed by atoms with Crippen molar-refractivity contribution in [2.45, 2.75) is 24.6 Å². The van der Waals surface area contributed by atoms with Crippen molar-refractivity contribution in [1.29, 1.82) is 0 Å². The summed E-state index contributed by atoms with van der Waals surface area (Å²) in [6.07, 6.45) is -0.725. The van der Waals surface area contributed by atoms with Crippen LogP contribution in [-0.4, -0.2) is 17.7 Å². The molecule has 2 radical (unpaired) electrons. The van der Waals surface area contributed by atoms with E-state index < -0.39 is 29.6 Å². The molecule has 1 saturated heterocycles. The van der Waals surface area contributed by atoms with Gasteiger partial charge in [0.05, 0.1) is 0 Å². The zero-order valence-electron chi connectivity index (χ0n) is 10.6. The van der Waals surface area contributed by atoms with Crippen molar-refractivity contribution >= 4 is 5.97 Å². The third kappa shape index (κ3) is 2.19. The van der Waals surface area contributed by atoms with E-state index in [1.165, 1.54) is 6.42 Å². The molecule has 1 aromatic rings. The first-order valence-electron chi connectivity index (χ1n) is 6.46. The molecule has 3 rings (SSSR count). The summed E-state index contributed by atoms with van der Waals surface area (Å²) >= 11 is 0. The fraction of sp³-hybridized carbons (Fsp3) is 0.400. The van der Waals surface area contributed by atoms with Crippen molar-refractivity contribution in [2.24, 2.45) is 11.8 Å². The summed E-state index contributed by atoms with van der Waals surface area (Å²) < 4.78 is 44.2. The minimum atomic E-state index is -4.42. The molecule has 1 spiro atoms. The highest BCUT2D eigenvalue weighted by Crippen LogP contribution is 2.58. The second-order valence-electron chi connectivity index (χ2n) is 5.25. The Morgan fingerprint density at radius 3 is 2.50 bits per heavy atom. The summed E-state index contributed by atoms with van der Waals surface area (Å²) in [6, 6.07) is 9.21. The molecule has 1 aliphatic heterocycles. The molecule has 0 N–H and O–H groups in total. The highest BCUT2D eigenvalue weighted by molar-refractivity contribution is 5.96. The second-order valence-corrected chi connectivity index (χ2v) is 5.25. The number of hydrogen-bond acceptors (Lipinski definition) is 2. The molecule has 1 aliphatic carbocycles. The normalized spacial score (nSPS) is 32.5. The summed E-state index contributed by atoms with van der Waals surface area (Å²) in [6.45, 7) is 0. The third-order valence-electron chi connectivity index (χ3n) is 4.00. The van der Waals surface area contributed by atoms with Crippen LogP contribution in [0.4, 0.5) is 13.2 Å². The van der Waals surface area contributed by atoms with Crippen LogP contribution >= 0.6 is 0 Å². The molecule has 20 heavy (non-hydrogen) atoms. The van der Waals surface area contributed by atoms with Gasteiger partial charge in [-0.15, -0.1) is 0 Å². The molecule has 3 atom stereocenters. The van der Waals surface area contributed by atoms with E-state index in [0.717, 1.165) is 5.56 Å². The van der Waals surface area contributed by atoms with Crippen LogP contribution in [0.3, 0.4) is 0 Å². The molecule has 106 valence electrons. The lowest BCUT2D eigenvalue weighted by Crippen LogP contribution is -2.37. The Balaban J connectivity index is 1.72. The summed E-state index contributed by atoms with van der Waals surface area (Å²) in [5, 5.41) is 0. The van der Waals surface area contributed by atoms with Gasteiger partial charge in [0.25, 0.3) is 0 Å². The molecule has 5 heteroatoms. The van der Waals surface area contributed by atoms with Gasteiger partial charge in [-0.3, -0.25) is 0 Å². The van der Waals surface area contributed by atoms with Crippen LogP contribution in [0.25, 0.3) is 0 Å². The van der Waals surface area contributed by atoms with E-state index in [1.807, 2.05) is 30.3 Å². The van der Waals surface area contributed by atoms with Gasteiger partial charge in [0.2, 0.25) is 5.60 Å². The lowest BCUT2D eigenvalue weighted by molar-refractivity contribution is -0.196. The largest absolute Gasteiger partial charge is 0.443 e. The number of carbonyl (C=O) groups excluding carboxylic acids is 1. The van der Waals surface area contributed by atoms with Crippen LogP contribution in [0.1, 0.15) is 18.4 Å². The van der Waals surface area contributed by atoms with Gasteiger partial charge < -0.3 is 4.74 Å². The Morgan fingerprint density at radius 2 is 1.95 bits per heavy atom. The SMILES string of the molecule is O=C1OC12[CH]CC(C[CH]c1ccccc1)C2C(F)(F)F. The monoisotopic (exact) mass is 282 g/mol. The zero-order valence-corrected chi connectivity index (χ0v) is 10.6. The first-order chi connectivity index (χ1) is 9.43. The van der Waals surface area contributed by atoms with Gasteiger partial charge in [-0.25, -0.2) is 4.79 Å². The van der Waals surface area contributed by atoms with Crippen molar-refractivity contribution < 1.29 is 22.7 Å². The molecule has 3 unspecified atom stereocenters. The lowest BCUT2D eigenvalue weighted by atomic mass is 9.85. The van der Waals surface area contributed by atoms with E-state index in [2.05, 4.69) is 4.74 Å². The van der Waals surface area contributed by atoms with Crippen molar-refractivity contribution in [3.63, 3.8) is 0 Å². The molecule has 2 nitrogen and oxygen atoms in total. The van der Waals surface area contributed by atoms with Gasteiger partial charge in [-0.2, -0.15) is 13.2 Å². The smallest absolute Gasteiger partial charge is 0.396 e. The quantitative estimate of drug-likeness (QED) is 0.796. The van der Waals surface area contributed by atoms with Gasteiger partial charge >= 0.3 is 12.1 Å². The van der Waals surface area contributed by atoms with Gasteiger partial charge in [0, 0.05) is 6.42 Å². The Hall–Kier alpha value is -1.52. The Labute approximate surface area is 114 Å². The summed E-state index contributed by atoms with van der Waals surface area (Å²) in [5.41, 5.74) is -0.801. The van der Waals surface area contributed by atoms with E-state index in [9.17, 15) is 18.0 Å². The van der Waals surface area contributed by atoms with E-state index in [4.69, 9.17) is 0 Å². The first-order valence-corrected chi connectivity index (χ1v) is 6.46. The first kappa shape index (κ1) is 13.5. The number of benzene rings is 1. The molecule has 1 heterocycles. The van der Waals surface area contributed by atoms with Crippen LogP contribution in [-0.2, 0) is 9.53 Å². The maximum absolute atomic E-state index is 13.2. The highest BCUT2D eigenvalue weighted by Gasteiger charge is 2.75. The third-order valence-corrected chi connectivity index (χ3v) is 4.00. The molecule has 0 amide bonds. The Kier molecular flexibility index (Phi) is 3.03. The number of hydrogen-bond donors (Lipinski definition) is 0. The predicted molar refractivity (Wildman–Crippen MR) is 65.2 cm³/mol. The molecule has 0 bridgehead atoms. The number of halogens is 3. The average Bonchev–Trinajstić information content (AvgIpc) is 2.86. The maximum atomic E-state index is 13.2. The van der Waals surface area contributed by atoms with E-state index >= 15 is 0 Å². The minimum absolute atomic E-state index is 0.249. The van der Waals surface area contributed by atoms with Gasteiger partial charge in [-0.05, 0) is 30.7 Å². The van der Waals surface area contributed by atoms with Gasteiger partial charge in [0.1, 0.15) is 5.92 Å². The molecule has 1 saturated carbocycles. The maximum Gasteiger partial charge on any atom is 0.396 e. The Morgan fingerprint density at radius 1 is 1.30 bits per heavy atom. The standard InChI is InChI=1S/C15H13F3O2/c16-15(17,18)12-11(8-9-14(12)13(19)20-14)7-6-10-4-2-1-3-5-10/h1-6,9,11-12H,7-8H2. The number of epoxide rings is 1. The van der Waals surface area contributed by atoms with E-state index in [-0.39, 0.29) is 12.8 Å². The topological polar surface area (TPSA) is 29.6 Å². The average molecular weight is 282 g/mol. The molecule has 1 aromatic carbocycles. The summed E-state index contributed by atoms with van der Waals surface area (Å²) in [7, 11) is 0. The predicted octanol–water partition coefficient (Wildman–Crippen LogP) is 3.33. The highest BCUT2D eigenvalue weighted by atomic mass is 19.4. The fourth-order valence-electron chi connectivity index (χ4n) is 3.00. The lowest BCUT2D eigenvalue weighted by Gasteiger charge is -2.23. The summed E-state index contributed by atoms with van der Waals surface area (Å²) in [4.78, 5) is 11.2. The Bertz CT molecular complexity index is 512. The molecule has 0 aromatic heterocycles. The number of carbonyl (C=O) groups is 1. The van der Waals surface area contributed by atoms with Gasteiger partial charge in [0.15, 0.2) is 0 Å². The van der Waals surface area contributed by atoms with Crippen LogP contribution in [0, 0.1) is 24.7 Å². The second kappa shape index (κ2) is 4.50. The van der Waals surface area contributed by atoms with Crippen LogP contribution in [0.2, 0.25) is 0 Å². The van der Waals surface area contributed by atoms with Crippen molar-refractivity contribution in [3.8, 4) is 0 Å².